The first-order chi connectivity index (χ1) is 20.2. The first-order valence-electron chi connectivity index (χ1n) is 18.6. The van der Waals surface area contributed by atoms with Gasteiger partial charge in [0, 0.05) is 7.11 Å². The van der Waals surface area contributed by atoms with Crippen LogP contribution in [0.4, 0.5) is 0 Å². The molecule has 0 aliphatic heterocycles. The molecule has 0 amide bonds. The molecule has 0 saturated heterocycles. The Bertz CT molecular complexity index is 280. The van der Waals surface area contributed by atoms with Gasteiger partial charge >= 0.3 is 21.7 Å². The van der Waals surface area contributed by atoms with Crippen molar-refractivity contribution in [1.82, 2.24) is 0 Å². The Morgan fingerprint density at radius 3 is 0.524 bits per heavy atom. The molecule has 0 aliphatic rings. The molecule has 0 aliphatic carbocycles. The van der Waals surface area contributed by atoms with Crippen molar-refractivity contribution < 1.29 is 26.8 Å². The summed E-state index contributed by atoms with van der Waals surface area (Å²) >= 11 is 0. The zero-order chi connectivity index (χ0) is 31.3. The van der Waals surface area contributed by atoms with Crippen molar-refractivity contribution in [1.29, 1.82) is 0 Å². The number of nitrogens with zero attached hydrogens (tertiary/aromatic N) is 3. The molecule has 0 fully saturated rings. The summed E-state index contributed by atoms with van der Waals surface area (Å²) < 4.78 is 0. The molecule has 0 saturated carbocycles. The van der Waals surface area contributed by atoms with Gasteiger partial charge in [-0.3, -0.25) is 0 Å². The average molecular weight is 633 g/mol. The summed E-state index contributed by atoms with van der Waals surface area (Å²) in [4.78, 5) is 0. The van der Waals surface area contributed by atoms with Crippen LogP contribution in [0, 0.1) is 0 Å². The zero-order valence-corrected chi connectivity index (χ0v) is 32.1. The van der Waals surface area contributed by atoms with Crippen LogP contribution in [0.5, 0.6) is 0 Å². The van der Waals surface area contributed by atoms with Gasteiger partial charge in [-0.2, -0.15) is 0 Å². The Balaban J connectivity index is -0.000000156. The van der Waals surface area contributed by atoms with E-state index in [4.69, 9.17) is 5.11 Å². The van der Waals surface area contributed by atoms with Gasteiger partial charge in [0.05, 0.1) is 0 Å². The molecule has 0 spiro atoms. The molecule has 0 aromatic carbocycles. The van der Waals surface area contributed by atoms with Crippen molar-refractivity contribution in [3.05, 3.63) is 16.0 Å². The molecule has 0 aromatic heterocycles. The fourth-order valence-electron chi connectivity index (χ4n) is 4.24. The van der Waals surface area contributed by atoms with Gasteiger partial charge in [-0.25, -0.2) is 0 Å². The Labute approximate surface area is 283 Å². The zero-order valence-electron chi connectivity index (χ0n) is 30.5. The van der Waals surface area contributed by atoms with E-state index < -0.39 is 0 Å². The van der Waals surface area contributed by atoms with Gasteiger partial charge in [-0.1, -0.05) is 196 Å². The van der Waals surface area contributed by atoms with E-state index in [2.05, 4.69) is 57.5 Å². The molecule has 42 heavy (non-hydrogen) atoms. The molecule has 0 aromatic rings. The third-order valence-corrected chi connectivity index (χ3v) is 7.02. The second kappa shape index (κ2) is 60.7. The van der Waals surface area contributed by atoms with Crippen molar-refractivity contribution in [2.75, 3.05) is 46.4 Å². The molecular formula is C37H82N3OTi. The first kappa shape index (κ1) is 52.1. The maximum absolute atomic E-state index is 7.00. The van der Waals surface area contributed by atoms with Crippen LogP contribution < -0.4 is 0 Å². The van der Waals surface area contributed by atoms with Crippen LogP contribution in [0.1, 0.15) is 196 Å². The third-order valence-electron chi connectivity index (χ3n) is 7.02. The Morgan fingerprint density at radius 1 is 0.262 bits per heavy atom. The van der Waals surface area contributed by atoms with E-state index in [9.17, 15) is 0 Å². The van der Waals surface area contributed by atoms with E-state index in [0.717, 1.165) is 46.4 Å². The fourth-order valence-corrected chi connectivity index (χ4v) is 4.24. The van der Waals surface area contributed by atoms with Crippen LogP contribution in [0.2, 0.25) is 0 Å². The maximum Gasteiger partial charge on any atom is 3.00 e. The average Bonchev–Trinajstić information content (AvgIpc) is 3.00. The first-order valence-corrected chi connectivity index (χ1v) is 18.6. The molecule has 0 rings (SSSR count). The van der Waals surface area contributed by atoms with Gasteiger partial charge < -0.3 is 21.1 Å². The summed E-state index contributed by atoms with van der Waals surface area (Å²) in [5.74, 6) is 0. The molecule has 0 bridgehead atoms. The molecular weight excluding hydrogens is 550 g/mol. The smallest absolute Gasteiger partial charge is 0.662 e. The summed E-state index contributed by atoms with van der Waals surface area (Å²) in [6.07, 6.45) is 32.3. The Kier molecular flexibility index (Phi) is 75.3. The molecule has 255 valence electrons. The van der Waals surface area contributed by atoms with E-state index >= 15 is 0 Å². The van der Waals surface area contributed by atoms with Gasteiger partial charge in [-0.05, 0) is 0 Å². The third kappa shape index (κ3) is 68.0. The second-order valence-corrected chi connectivity index (χ2v) is 11.4. The van der Waals surface area contributed by atoms with Gasteiger partial charge in [0.2, 0.25) is 0 Å². The summed E-state index contributed by atoms with van der Waals surface area (Å²) in [6.45, 7) is 20.1. The summed E-state index contributed by atoms with van der Waals surface area (Å²) in [5.41, 5.74) is 0. The topological polar surface area (TPSA) is 62.5 Å². The van der Waals surface area contributed by atoms with E-state index in [0.29, 0.717) is 0 Å². The molecule has 0 heterocycles. The van der Waals surface area contributed by atoms with Crippen molar-refractivity contribution in [2.24, 2.45) is 0 Å². The summed E-state index contributed by atoms with van der Waals surface area (Å²) in [5, 5.41) is 20.5. The predicted octanol–water partition coefficient (Wildman–Crippen LogP) is 13.2. The molecule has 0 unspecified atom stereocenters. The van der Waals surface area contributed by atoms with Gasteiger partial charge in [0.1, 0.15) is 0 Å². The second-order valence-electron chi connectivity index (χ2n) is 11.4. The van der Waals surface area contributed by atoms with Gasteiger partial charge in [0.15, 0.2) is 0 Å². The molecule has 1 radical (unpaired) electrons. The number of rotatable bonds is 30. The van der Waals surface area contributed by atoms with Crippen LogP contribution in [0.25, 0.3) is 16.0 Å². The van der Waals surface area contributed by atoms with Crippen LogP contribution in [0.15, 0.2) is 0 Å². The van der Waals surface area contributed by atoms with E-state index in [1.165, 1.54) is 154 Å². The summed E-state index contributed by atoms with van der Waals surface area (Å²) in [6, 6.07) is 0. The molecule has 1 N–H and O–H groups in total. The monoisotopic (exact) mass is 633 g/mol. The largest absolute Gasteiger partial charge is 3.00 e. The van der Waals surface area contributed by atoms with Crippen molar-refractivity contribution >= 4 is 0 Å². The van der Waals surface area contributed by atoms with Crippen molar-refractivity contribution in [2.45, 2.75) is 196 Å². The number of unbranched alkanes of at least 4 members (excludes halogenated alkanes) is 18. The minimum atomic E-state index is 0. The predicted molar refractivity (Wildman–Crippen MR) is 192 cm³/mol. The standard InChI is InChI=1S/3C12H26N.CH4O.Ti/c3*1-3-5-7-9-11-13-12-10-8-6-4-2;1-2;/h3*3-12H2,1-2H3;2H,1H3;/q3*-1;;+3. The SMILES string of the molecule is CCCCCC[N-]CCCCCC.CCCCCC[N-]CCCCCC.CCCCCC[N-]CCCCCC.CO.[Ti+3]. The minimum absolute atomic E-state index is 0. The minimum Gasteiger partial charge on any atom is -0.662 e. The van der Waals surface area contributed by atoms with Gasteiger partial charge in [0.25, 0.3) is 0 Å². The molecule has 0 atom stereocenters. The number of hydrogen-bond donors (Lipinski definition) is 1. The van der Waals surface area contributed by atoms with Crippen LogP contribution in [0.3, 0.4) is 0 Å². The number of aliphatic hydroxyl groups excluding tert-OH is 1. The fraction of sp³-hybridized carbons (Fsp3) is 1.00. The maximum atomic E-state index is 7.00. The molecule has 4 nitrogen and oxygen atoms in total. The Morgan fingerprint density at radius 2 is 0.405 bits per heavy atom. The van der Waals surface area contributed by atoms with Crippen LogP contribution >= 0.6 is 0 Å². The Hall–Kier alpha value is 0.554. The molecule has 5 heteroatoms. The van der Waals surface area contributed by atoms with E-state index in [1.807, 2.05) is 0 Å². The quantitative estimate of drug-likeness (QED) is 0.0621. The number of aliphatic hydroxyl groups is 1. The van der Waals surface area contributed by atoms with Crippen LogP contribution in [-0.2, 0) is 21.7 Å². The normalized spacial score (nSPS) is 10.0. The van der Waals surface area contributed by atoms with E-state index in [-0.39, 0.29) is 21.7 Å². The number of hydrogen-bond acceptors (Lipinski definition) is 1. The van der Waals surface area contributed by atoms with E-state index in [1.54, 1.807) is 0 Å². The van der Waals surface area contributed by atoms with Crippen LogP contribution in [-0.4, -0.2) is 51.5 Å². The van der Waals surface area contributed by atoms with Gasteiger partial charge in [-0.15, -0.1) is 39.3 Å². The summed E-state index contributed by atoms with van der Waals surface area (Å²) in [7, 11) is 1.00. The van der Waals surface area contributed by atoms with Crippen molar-refractivity contribution in [3.8, 4) is 0 Å². The van der Waals surface area contributed by atoms with Crippen molar-refractivity contribution in [3.63, 3.8) is 0 Å².